The fraction of sp³-hybridized carbons (Fsp3) is 0.111. The van der Waals surface area contributed by atoms with Gasteiger partial charge < -0.3 is 4.90 Å². The van der Waals surface area contributed by atoms with Gasteiger partial charge >= 0.3 is 0 Å². The second-order valence-electron chi connectivity index (χ2n) is 2.21. The van der Waals surface area contributed by atoms with Gasteiger partial charge in [-0.2, -0.15) is 0 Å². The Morgan fingerprint density at radius 3 is 2.36 bits per heavy atom. The first-order chi connectivity index (χ1) is 5.20. The highest BCUT2D eigenvalue weighted by Crippen LogP contribution is 2.39. The number of nitrogens with zero attached hydrogens (tertiary/aromatic N) is 1. The zero-order chi connectivity index (χ0) is 8.43. The molecular formula is C9H11NS. The molecule has 0 aromatic rings. The quantitative estimate of drug-likeness (QED) is 0.619. The van der Waals surface area contributed by atoms with E-state index in [-0.39, 0.29) is 0 Å². The first-order valence-electron chi connectivity index (χ1n) is 3.30. The summed E-state index contributed by atoms with van der Waals surface area (Å²) in [5.41, 5.74) is 1.09. The molecule has 0 N–H and O–H groups in total. The summed E-state index contributed by atoms with van der Waals surface area (Å²) in [4.78, 5) is 3.14. The number of hydrogen-bond donors (Lipinski definition) is 0. The SMILES string of the molecule is C=CC1=C(C=C)N(C)C(=C)S1. The van der Waals surface area contributed by atoms with E-state index in [9.17, 15) is 0 Å². The highest BCUT2D eigenvalue weighted by atomic mass is 32.2. The Hall–Kier alpha value is -0.890. The van der Waals surface area contributed by atoms with Gasteiger partial charge in [-0.25, -0.2) is 0 Å². The monoisotopic (exact) mass is 165 g/mol. The average molecular weight is 165 g/mol. The zero-order valence-corrected chi connectivity index (χ0v) is 7.45. The van der Waals surface area contributed by atoms with Crippen molar-refractivity contribution in [3.63, 3.8) is 0 Å². The predicted molar refractivity (Wildman–Crippen MR) is 51.9 cm³/mol. The maximum absolute atomic E-state index is 3.88. The Morgan fingerprint density at radius 1 is 1.36 bits per heavy atom. The summed E-state index contributed by atoms with van der Waals surface area (Å²) in [6, 6.07) is 0. The van der Waals surface area contributed by atoms with E-state index in [1.807, 2.05) is 24.1 Å². The van der Waals surface area contributed by atoms with E-state index in [0.29, 0.717) is 0 Å². The van der Waals surface area contributed by atoms with Crippen LogP contribution < -0.4 is 0 Å². The van der Waals surface area contributed by atoms with Gasteiger partial charge in [-0.3, -0.25) is 0 Å². The van der Waals surface area contributed by atoms with Crippen molar-refractivity contribution in [2.75, 3.05) is 7.05 Å². The van der Waals surface area contributed by atoms with Crippen molar-refractivity contribution in [3.05, 3.63) is 47.5 Å². The summed E-state index contributed by atoms with van der Waals surface area (Å²) in [5, 5.41) is 1.02. The van der Waals surface area contributed by atoms with Crippen molar-refractivity contribution in [1.82, 2.24) is 4.90 Å². The van der Waals surface area contributed by atoms with Crippen LogP contribution in [0.15, 0.2) is 47.5 Å². The van der Waals surface area contributed by atoms with Crippen molar-refractivity contribution in [2.45, 2.75) is 0 Å². The van der Waals surface area contributed by atoms with Crippen LogP contribution in [0.1, 0.15) is 0 Å². The molecule has 1 aliphatic heterocycles. The smallest absolute Gasteiger partial charge is 0.0725 e. The van der Waals surface area contributed by atoms with Gasteiger partial charge in [-0.1, -0.05) is 37.6 Å². The molecule has 0 fully saturated rings. The van der Waals surface area contributed by atoms with Gasteiger partial charge in [0.15, 0.2) is 0 Å². The van der Waals surface area contributed by atoms with Gasteiger partial charge in [-0.05, 0) is 6.08 Å². The van der Waals surface area contributed by atoms with Crippen LogP contribution in [0.2, 0.25) is 0 Å². The van der Waals surface area contributed by atoms with Crippen LogP contribution >= 0.6 is 11.8 Å². The molecule has 58 valence electrons. The average Bonchev–Trinajstić information content (AvgIpc) is 2.28. The lowest BCUT2D eigenvalue weighted by atomic mass is 10.3. The first-order valence-corrected chi connectivity index (χ1v) is 4.12. The fourth-order valence-corrected chi connectivity index (χ4v) is 1.83. The highest BCUT2D eigenvalue weighted by Gasteiger charge is 2.18. The molecule has 0 bridgehead atoms. The lowest BCUT2D eigenvalue weighted by Crippen LogP contribution is -2.07. The van der Waals surface area contributed by atoms with E-state index in [1.54, 1.807) is 11.8 Å². The normalized spacial score (nSPS) is 17.5. The molecule has 0 aromatic heterocycles. The molecule has 0 atom stereocenters. The van der Waals surface area contributed by atoms with E-state index < -0.39 is 0 Å². The van der Waals surface area contributed by atoms with Crippen LogP contribution in [0.3, 0.4) is 0 Å². The Morgan fingerprint density at radius 2 is 2.00 bits per heavy atom. The molecule has 0 aliphatic carbocycles. The Labute approximate surface area is 71.8 Å². The molecule has 0 unspecified atom stereocenters. The van der Waals surface area contributed by atoms with Crippen molar-refractivity contribution < 1.29 is 0 Å². The third kappa shape index (κ3) is 1.26. The Kier molecular flexibility index (Phi) is 2.25. The van der Waals surface area contributed by atoms with E-state index in [1.165, 1.54) is 0 Å². The summed E-state index contributed by atoms with van der Waals surface area (Å²) in [5.74, 6) is 0. The minimum absolute atomic E-state index is 1.02. The lowest BCUT2D eigenvalue weighted by molar-refractivity contribution is 0.585. The van der Waals surface area contributed by atoms with Crippen LogP contribution in [0, 0.1) is 0 Å². The van der Waals surface area contributed by atoms with Gasteiger partial charge in [0.1, 0.15) is 0 Å². The summed E-state index contributed by atoms with van der Waals surface area (Å²) in [6.07, 6.45) is 3.65. The molecule has 0 amide bonds. The van der Waals surface area contributed by atoms with E-state index in [4.69, 9.17) is 0 Å². The second-order valence-corrected chi connectivity index (χ2v) is 3.33. The predicted octanol–water partition coefficient (Wildman–Crippen LogP) is 2.72. The molecule has 1 nitrogen and oxygen atoms in total. The molecular weight excluding hydrogens is 154 g/mol. The zero-order valence-electron chi connectivity index (χ0n) is 6.63. The minimum atomic E-state index is 1.02. The maximum Gasteiger partial charge on any atom is 0.0725 e. The number of likely N-dealkylation sites (N-methyl/N-ethyl adjacent to an activating group) is 1. The lowest BCUT2D eigenvalue weighted by Gasteiger charge is -2.12. The topological polar surface area (TPSA) is 3.24 Å². The number of allylic oxidation sites excluding steroid dienone is 2. The Bertz CT molecular complexity index is 250. The molecule has 2 heteroatoms. The van der Waals surface area contributed by atoms with Crippen molar-refractivity contribution in [2.24, 2.45) is 0 Å². The van der Waals surface area contributed by atoms with Crippen LogP contribution in [0.4, 0.5) is 0 Å². The van der Waals surface area contributed by atoms with Gasteiger partial charge in [0.25, 0.3) is 0 Å². The summed E-state index contributed by atoms with van der Waals surface area (Å²) in [6.45, 7) is 11.3. The van der Waals surface area contributed by atoms with Gasteiger partial charge in [0, 0.05) is 12.0 Å². The van der Waals surface area contributed by atoms with Gasteiger partial charge in [0.05, 0.1) is 10.7 Å². The third-order valence-electron chi connectivity index (χ3n) is 1.59. The highest BCUT2D eigenvalue weighted by molar-refractivity contribution is 8.07. The summed E-state index contributed by atoms with van der Waals surface area (Å²) >= 11 is 1.63. The number of hydrogen-bond acceptors (Lipinski definition) is 2. The second kappa shape index (κ2) is 3.01. The van der Waals surface area contributed by atoms with Gasteiger partial charge in [0.2, 0.25) is 0 Å². The van der Waals surface area contributed by atoms with Crippen molar-refractivity contribution in [1.29, 1.82) is 0 Å². The molecule has 1 rings (SSSR count). The maximum atomic E-state index is 3.88. The largest absolute Gasteiger partial charge is 0.339 e. The third-order valence-corrected chi connectivity index (χ3v) is 2.70. The molecule has 0 aromatic carbocycles. The van der Waals surface area contributed by atoms with E-state index in [0.717, 1.165) is 15.6 Å². The van der Waals surface area contributed by atoms with Crippen LogP contribution in [0.5, 0.6) is 0 Å². The first kappa shape index (κ1) is 8.21. The molecule has 11 heavy (non-hydrogen) atoms. The molecule has 0 saturated carbocycles. The van der Waals surface area contributed by atoms with Gasteiger partial charge in [-0.15, -0.1) is 0 Å². The number of rotatable bonds is 2. The van der Waals surface area contributed by atoms with Crippen molar-refractivity contribution in [3.8, 4) is 0 Å². The molecule has 0 spiro atoms. The van der Waals surface area contributed by atoms with E-state index in [2.05, 4.69) is 19.7 Å². The fourth-order valence-electron chi connectivity index (χ4n) is 0.931. The summed E-state index contributed by atoms with van der Waals surface area (Å²) in [7, 11) is 1.98. The summed E-state index contributed by atoms with van der Waals surface area (Å²) < 4.78 is 0. The van der Waals surface area contributed by atoms with Crippen molar-refractivity contribution >= 4 is 11.8 Å². The molecule has 1 aliphatic rings. The standard InChI is InChI=1S/C9H11NS/c1-5-8-9(6-2)11-7(3)10(8)4/h5-6H,1-3H2,4H3. The Balaban J connectivity index is 3.04. The van der Waals surface area contributed by atoms with Crippen LogP contribution in [0.25, 0.3) is 0 Å². The minimum Gasteiger partial charge on any atom is -0.339 e. The molecule has 0 radical (unpaired) electrons. The number of thioether (sulfide) groups is 1. The van der Waals surface area contributed by atoms with Crippen LogP contribution in [-0.2, 0) is 0 Å². The molecule has 1 heterocycles. The molecule has 0 saturated heterocycles. The van der Waals surface area contributed by atoms with E-state index >= 15 is 0 Å². The van der Waals surface area contributed by atoms with Crippen LogP contribution in [-0.4, -0.2) is 11.9 Å².